The molecule has 0 aromatic carbocycles. The molecular weight excluding hydrogens is 342 g/mol. The first kappa shape index (κ1) is 23.1. The topological polar surface area (TPSA) is 98.4 Å². The molecule has 5 heteroatoms. The average Bonchev–Trinajstić information content (AvgIpc) is 2.91. The van der Waals surface area contributed by atoms with Crippen LogP contribution < -0.4 is 0 Å². The third-order valence-corrected chi connectivity index (χ3v) is 5.21. The molecule has 5 nitrogen and oxygen atoms in total. The van der Waals surface area contributed by atoms with Gasteiger partial charge in [0.1, 0.15) is 5.78 Å². The fraction of sp³-hybridized carbons (Fsp3) is 0.682. The van der Waals surface area contributed by atoms with Crippen LogP contribution in [0, 0.1) is 29.1 Å². The molecule has 3 unspecified atom stereocenters. The van der Waals surface area contributed by atoms with Gasteiger partial charge in [0.2, 0.25) is 0 Å². The van der Waals surface area contributed by atoms with E-state index in [1.54, 1.807) is 13.0 Å². The van der Waals surface area contributed by atoms with E-state index in [9.17, 15) is 20.0 Å². The number of nitriles is 1. The van der Waals surface area contributed by atoms with Crippen molar-refractivity contribution in [3.05, 3.63) is 24.3 Å². The lowest BCUT2D eigenvalue weighted by atomic mass is 9.85. The van der Waals surface area contributed by atoms with Gasteiger partial charge in [0, 0.05) is 24.7 Å². The Morgan fingerprint density at radius 3 is 2.70 bits per heavy atom. The number of rotatable bonds is 12. The molecule has 4 atom stereocenters. The molecule has 0 aliphatic heterocycles. The molecule has 0 bridgehead atoms. The summed E-state index contributed by atoms with van der Waals surface area (Å²) in [5.74, 6) is -1.47. The standard InChI is InChI=1S/C22H33NO4/c1-3-4-9-13-22(2,27)14-12-18-17(16-23)15-20(24)19(18)10-7-5-6-8-11-21(25)26/h5,7,12,14,17-19,27H,3-4,6,8-11,13,15H2,1-2H3,(H,25,26)/b7-5+,14-12+/t17-,18?,19?,22?/m0/s1. The second-order valence-corrected chi connectivity index (χ2v) is 7.76. The number of Topliss-reactive ketones (excluding diaryl/α,β-unsaturated/α-hetero) is 1. The Balaban J connectivity index is 2.68. The van der Waals surface area contributed by atoms with Crippen LogP contribution in [0.3, 0.4) is 0 Å². The highest BCUT2D eigenvalue weighted by atomic mass is 16.4. The largest absolute Gasteiger partial charge is 0.481 e. The van der Waals surface area contributed by atoms with Gasteiger partial charge in [-0.2, -0.15) is 5.26 Å². The van der Waals surface area contributed by atoms with Crippen molar-refractivity contribution < 1.29 is 19.8 Å². The Morgan fingerprint density at radius 2 is 2.07 bits per heavy atom. The Kier molecular flexibility index (Phi) is 10.0. The first-order valence-corrected chi connectivity index (χ1v) is 10.0. The summed E-state index contributed by atoms with van der Waals surface area (Å²) in [6, 6.07) is 2.24. The van der Waals surface area contributed by atoms with Crippen molar-refractivity contribution in [2.75, 3.05) is 0 Å². The normalized spacial score (nSPS) is 25.1. The highest BCUT2D eigenvalue weighted by Gasteiger charge is 2.40. The summed E-state index contributed by atoms with van der Waals surface area (Å²) in [5, 5.41) is 28.5. The average molecular weight is 376 g/mol. The van der Waals surface area contributed by atoms with Gasteiger partial charge >= 0.3 is 5.97 Å². The van der Waals surface area contributed by atoms with Crippen molar-refractivity contribution in [2.24, 2.45) is 17.8 Å². The quantitative estimate of drug-likeness (QED) is 0.388. The molecule has 2 N–H and O–H groups in total. The summed E-state index contributed by atoms with van der Waals surface area (Å²) in [6.45, 7) is 3.89. The summed E-state index contributed by atoms with van der Waals surface area (Å²) >= 11 is 0. The summed E-state index contributed by atoms with van der Waals surface area (Å²) < 4.78 is 0. The predicted molar refractivity (Wildman–Crippen MR) is 105 cm³/mol. The highest BCUT2D eigenvalue weighted by molar-refractivity contribution is 5.85. The van der Waals surface area contributed by atoms with Gasteiger partial charge in [-0.15, -0.1) is 0 Å². The van der Waals surface area contributed by atoms with Gasteiger partial charge < -0.3 is 10.2 Å². The van der Waals surface area contributed by atoms with E-state index >= 15 is 0 Å². The Labute approximate surface area is 162 Å². The number of carboxylic acid groups (broad SMARTS) is 1. The van der Waals surface area contributed by atoms with Gasteiger partial charge in [-0.25, -0.2) is 0 Å². The van der Waals surface area contributed by atoms with Gasteiger partial charge in [0.05, 0.1) is 17.6 Å². The van der Waals surface area contributed by atoms with E-state index in [0.717, 1.165) is 19.3 Å². The zero-order valence-corrected chi connectivity index (χ0v) is 16.6. The van der Waals surface area contributed by atoms with Crippen molar-refractivity contribution in [3.63, 3.8) is 0 Å². The number of aliphatic carboxylic acids is 1. The summed E-state index contributed by atoms with van der Waals surface area (Å²) in [5.41, 5.74) is -0.919. The first-order valence-electron chi connectivity index (χ1n) is 10.0. The zero-order chi connectivity index (χ0) is 20.3. The van der Waals surface area contributed by atoms with Crippen LogP contribution in [0.2, 0.25) is 0 Å². The molecule has 1 rings (SSSR count). The van der Waals surface area contributed by atoms with E-state index in [-0.39, 0.29) is 36.4 Å². The van der Waals surface area contributed by atoms with Crippen LogP contribution in [0.15, 0.2) is 24.3 Å². The fourth-order valence-electron chi connectivity index (χ4n) is 3.55. The number of allylic oxidation sites excluding steroid dienone is 3. The molecule has 0 aromatic rings. The molecular formula is C22H33NO4. The van der Waals surface area contributed by atoms with Gasteiger partial charge in [0.25, 0.3) is 0 Å². The summed E-state index contributed by atoms with van der Waals surface area (Å²) in [7, 11) is 0. The molecule has 0 radical (unpaired) electrons. The van der Waals surface area contributed by atoms with Crippen LogP contribution in [0.25, 0.3) is 0 Å². The predicted octanol–water partition coefficient (Wildman–Crippen LogP) is 4.42. The lowest BCUT2D eigenvalue weighted by Gasteiger charge is -2.21. The van der Waals surface area contributed by atoms with Crippen molar-refractivity contribution >= 4 is 11.8 Å². The second kappa shape index (κ2) is 11.7. The van der Waals surface area contributed by atoms with Gasteiger partial charge in [0.15, 0.2) is 0 Å². The Morgan fingerprint density at radius 1 is 1.33 bits per heavy atom. The van der Waals surface area contributed by atoms with E-state index in [0.29, 0.717) is 25.7 Å². The maximum Gasteiger partial charge on any atom is 0.303 e. The number of ketones is 1. The molecule has 0 amide bonds. The molecule has 0 saturated heterocycles. The third kappa shape index (κ3) is 8.53. The molecule has 0 aromatic heterocycles. The summed E-state index contributed by atoms with van der Waals surface area (Å²) in [6.07, 6.45) is 13.5. The van der Waals surface area contributed by atoms with Gasteiger partial charge in [-0.05, 0) is 32.6 Å². The minimum absolute atomic E-state index is 0.0945. The van der Waals surface area contributed by atoms with Crippen molar-refractivity contribution in [1.82, 2.24) is 0 Å². The number of carbonyl (C=O) groups is 2. The van der Waals surface area contributed by atoms with Crippen LogP contribution in [0.5, 0.6) is 0 Å². The number of aliphatic hydroxyl groups is 1. The highest BCUT2D eigenvalue weighted by Crippen LogP contribution is 2.38. The molecule has 1 aliphatic carbocycles. The molecule has 0 spiro atoms. The monoisotopic (exact) mass is 375 g/mol. The number of hydrogen-bond donors (Lipinski definition) is 2. The SMILES string of the molecule is CCCCCC(C)(O)/C=C/C1C(C/C=C/CCCC(=O)O)C(=O)C[C@H]1C#N. The van der Waals surface area contributed by atoms with Crippen LogP contribution in [0.4, 0.5) is 0 Å². The molecule has 1 saturated carbocycles. The number of carbonyl (C=O) groups excluding carboxylic acids is 1. The molecule has 150 valence electrons. The molecule has 1 aliphatic rings. The van der Waals surface area contributed by atoms with E-state index in [2.05, 4.69) is 13.0 Å². The van der Waals surface area contributed by atoms with E-state index in [1.807, 2.05) is 18.2 Å². The Hall–Kier alpha value is -1.93. The smallest absolute Gasteiger partial charge is 0.303 e. The van der Waals surface area contributed by atoms with Gasteiger partial charge in [-0.1, -0.05) is 50.5 Å². The zero-order valence-electron chi connectivity index (χ0n) is 16.6. The van der Waals surface area contributed by atoms with Crippen molar-refractivity contribution in [1.29, 1.82) is 5.26 Å². The second-order valence-electron chi connectivity index (χ2n) is 7.76. The number of hydrogen-bond acceptors (Lipinski definition) is 4. The van der Waals surface area contributed by atoms with E-state index in [1.165, 1.54) is 0 Å². The van der Waals surface area contributed by atoms with Crippen molar-refractivity contribution in [2.45, 2.75) is 77.2 Å². The van der Waals surface area contributed by atoms with Gasteiger partial charge in [-0.3, -0.25) is 9.59 Å². The number of nitrogens with zero attached hydrogens (tertiary/aromatic N) is 1. The van der Waals surface area contributed by atoms with Crippen LogP contribution in [-0.4, -0.2) is 27.6 Å². The lowest BCUT2D eigenvalue weighted by Crippen LogP contribution is -2.22. The first-order chi connectivity index (χ1) is 12.8. The molecule has 27 heavy (non-hydrogen) atoms. The molecule has 0 heterocycles. The number of carboxylic acids is 1. The fourth-order valence-corrected chi connectivity index (χ4v) is 3.55. The Bertz CT molecular complexity index is 586. The molecule has 1 fully saturated rings. The van der Waals surface area contributed by atoms with Crippen LogP contribution in [0.1, 0.15) is 71.6 Å². The minimum Gasteiger partial charge on any atom is -0.481 e. The third-order valence-electron chi connectivity index (χ3n) is 5.21. The lowest BCUT2D eigenvalue weighted by molar-refractivity contribution is -0.137. The van der Waals surface area contributed by atoms with E-state index < -0.39 is 11.6 Å². The maximum absolute atomic E-state index is 12.3. The van der Waals surface area contributed by atoms with E-state index in [4.69, 9.17) is 5.11 Å². The summed E-state index contributed by atoms with van der Waals surface area (Å²) in [4.78, 5) is 22.8. The maximum atomic E-state index is 12.3. The van der Waals surface area contributed by atoms with Crippen LogP contribution >= 0.6 is 0 Å². The van der Waals surface area contributed by atoms with Crippen molar-refractivity contribution in [3.8, 4) is 6.07 Å². The minimum atomic E-state index is -0.919. The number of unbranched alkanes of at least 4 members (excludes halogenated alkanes) is 3. The van der Waals surface area contributed by atoms with Crippen LogP contribution in [-0.2, 0) is 9.59 Å².